The second kappa shape index (κ2) is 3.04. The van der Waals surface area contributed by atoms with Gasteiger partial charge in [-0.05, 0) is 15.9 Å². The van der Waals surface area contributed by atoms with E-state index in [4.69, 9.17) is 11.6 Å². The van der Waals surface area contributed by atoms with Crippen LogP contribution < -0.4 is 0 Å². The number of aromatic nitrogens is 2. The van der Waals surface area contributed by atoms with Crippen LogP contribution in [-0.4, -0.2) is 9.78 Å². The minimum absolute atomic E-state index is 0.0326. The Morgan fingerprint density at radius 2 is 1.92 bits per heavy atom. The molecule has 0 aliphatic carbocycles. The summed E-state index contributed by atoms with van der Waals surface area (Å²) >= 11 is 9.36. The van der Waals surface area contributed by atoms with Crippen LogP contribution in [0.25, 0.3) is 0 Å². The Morgan fingerprint density at radius 3 is 2.08 bits per heavy atom. The zero-order valence-corrected chi connectivity index (χ0v) is 9.99. The van der Waals surface area contributed by atoms with E-state index in [2.05, 4.69) is 41.8 Å². The summed E-state index contributed by atoms with van der Waals surface area (Å²) in [5, 5.41) is 4.89. The Hall–Kier alpha value is -0.0200. The molecule has 0 atom stereocenters. The molecule has 1 rings (SSSR count). The fourth-order valence-electron chi connectivity index (χ4n) is 1.28. The molecule has 68 valence electrons. The lowest BCUT2D eigenvalue weighted by Crippen LogP contribution is -2.16. The fourth-order valence-corrected chi connectivity index (χ4v) is 2.15. The van der Waals surface area contributed by atoms with Gasteiger partial charge in [-0.2, -0.15) is 5.10 Å². The largest absolute Gasteiger partial charge is 0.269 e. The lowest BCUT2D eigenvalue weighted by molar-refractivity contribution is 0.523. The molecule has 12 heavy (non-hydrogen) atoms. The van der Waals surface area contributed by atoms with Crippen molar-refractivity contribution in [2.24, 2.45) is 7.05 Å². The highest BCUT2D eigenvalue weighted by atomic mass is 79.9. The molecule has 1 aromatic rings. The van der Waals surface area contributed by atoms with Crippen LogP contribution in [0, 0.1) is 0 Å². The molecule has 0 bridgehead atoms. The Bertz CT molecular complexity index is 299. The highest BCUT2D eigenvalue weighted by molar-refractivity contribution is 9.10. The van der Waals surface area contributed by atoms with Crippen LogP contribution in [0.4, 0.5) is 0 Å². The molecule has 1 heterocycles. The van der Waals surface area contributed by atoms with Gasteiger partial charge in [-0.1, -0.05) is 32.4 Å². The van der Waals surface area contributed by atoms with Crippen LogP contribution >= 0.6 is 27.5 Å². The third-order valence-corrected chi connectivity index (χ3v) is 2.80. The first-order chi connectivity index (χ1) is 5.34. The molecule has 0 aromatic carbocycles. The first-order valence-corrected chi connectivity index (χ1v) is 4.89. The maximum atomic E-state index is 6.07. The Labute approximate surface area is 86.0 Å². The summed E-state index contributed by atoms with van der Waals surface area (Å²) in [6.07, 6.45) is 0. The monoisotopic (exact) mass is 250 g/mol. The number of aryl methyl sites for hydroxylation is 1. The molecule has 0 aliphatic rings. The summed E-state index contributed by atoms with van der Waals surface area (Å²) in [7, 11) is 1.90. The van der Waals surface area contributed by atoms with E-state index in [0.717, 1.165) is 10.3 Å². The molecule has 2 nitrogen and oxygen atoms in total. The van der Waals surface area contributed by atoms with Crippen molar-refractivity contribution in [1.82, 2.24) is 9.78 Å². The van der Waals surface area contributed by atoms with Crippen molar-refractivity contribution < 1.29 is 0 Å². The van der Waals surface area contributed by atoms with E-state index in [1.807, 2.05) is 11.7 Å². The van der Waals surface area contributed by atoms with Crippen molar-refractivity contribution in [3.8, 4) is 0 Å². The van der Waals surface area contributed by atoms with Gasteiger partial charge in [0.1, 0.15) is 4.60 Å². The molecular formula is C8H12BrClN2. The average Bonchev–Trinajstić information content (AvgIpc) is 2.05. The van der Waals surface area contributed by atoms with Crippen molar-refractivity contribution in [2.45, 2.75) is 26.2 Å². The van der Waals surface area contributed by atoms with Gasteiger partial charge >= 0.3 is 0 Å². The molecule has 0 saturated carbocycles. The second-order valence-electron chi connectivity index (χ2n) is 3.83. The van der Waals surface area contributed by atoms with Gasteiger partial charge in [0, 0.05) is 12.5 Å². The summed E-state index contributed by atoms with van der Waals surface area (Å²) in [4.78, 5) is 0. The van der Waals surface area contributed by atoms with Gasteiger partial charge in [0.2, 0.25) is 0 Å². The van der Waals surface area contributed by atoms with Crippen molar-refractivity contribution >= 4 is 27.5 Å². The minimum Gasteiger partial charge on any atom is -0.269 e. The van der Waals surface area contributed by atoms with E-state index in [0.29, 0.717) is 5.02 Å². The van der Waals surface area contributed by atoms with Gasteiger partial charge < -0.3 is 0 Å². The zero-order valence-electron chi connectivity index (χ0n) is 7.65. The van der Waals surface area contributed by atoms with Crippen LogP contribution in [0.3, 0.4) is 0 Å². The molecule has 0 radical (unpaired) electrons. The molecule has 4 heteroatoms. The lowest BCUT2D eigenvalue weighted by atomic mass is 9.92. The predicted octanol–water partition coefficient (Wildman–Crippen LogP) is 3.13. The number of hydrogen-bond donors (Lipinski definition) is 0. The third-order valence-electron chi connectivity index (χ3n) is 1.66. The Morgan fingerprint density at radius 1 is 1.42 bits per heavy atom. The minimum atomic E-state index is 0.0326. The lowest BCUT2D eigenvalue weighted by Gasteiger charge is -2.18. The van der Waals surface area contributed by atoms with E-state index in [1.54, 1.807) is 0 Å². The molecule has 0 unspecified atom stereocenters. The predicted molar refractivity (Wildman–Crippen MR) is 54.6 cm³/mol. The van der Waals surface area contributed by atoms with Crippen LogP contribution in [-0.2, 0) is 12.5 Å². The maximum Gasteiger partial charge on any atom is 0.147 e. The van der Waals surface area contributed by atoms with E-state index >= 15 is 0 Å². The smallest absolute Gasteiger partial charge is 0.147 e. The summed E-state index contributed by atoms with van der Waals surface area (Å²) < 4.78 is 2.53. The molecule has 1 aromatic heterocycles. The molecule has 0 saturated heterocycles. The van der Waals surface area contributed by atoms with Crippen LogP contribution in [0.5, 0.6) is 0 Å². The molecule has 0 amide bonds. The van der Waals surface area contributed by atoms with Crippen LogP contribution in [0.15, 0.2) is 4.60 Å². The summed E-state index contributed by atoms with van der Waals surface area (Å²) in [5.74, 6) is 0. The van der Waals surface area contributed by atoms with Crippen LogP contribution in [0.2, 0.25) is 5.02 Å². The SMILES string of the molecule is Cn1nc(Br)c(Cl)c1C(C)(C)C. The summed E-state index contributed by atoms with van der Waals surface area (Å²) in [6, 6.07) is 0. The van der Waals surface area contributed by atoms with E-state index < -0.39 is 0 Å². The number of nitrogens with zero attached hydrogens (tertiary/aromatic N) is 2. The van der Waals surface area contributed by atoms with Gasteiger partial charge in [0.25, 0.3) is 0 Å². The van der Waals surface area contributed by atoms with Gasteiger partial charge in [0.15, 0.2) is 0 Å². The Kier molecular flexibility index (Phi) is 2.55. The van der Waals surface area contributed by atoms with E-state index in [9.17, 15) is 0 Å². The van der Waals surface area contributed by atoms with E-state index in [1.165, 1.54) is 0 Å². The van der Waals surface area contributed by atoms with Gasteiger partial charge in [-0.15, -0.1) is 0 Å². The number of hydrogen-bond acceptors (Lipinski definition) is 1. The van der Waals surface area contributed by atoms with Gasteiger partial charge in [-0.3, -0.25) is 4.68 Å². The summed E-state index contributed by atoms with van der Waals surface area (Å²) in [6.45, 7) is 6.34. The highest BCUT2D eigenvalue weighted by Crippen LogP contribution is 2.33. The maximum absolute atomic E-state index is 6.07. The molecule has 0 fully saturated rings. The first-order valence-electron chi connectivity index (χ1n) is 3.72. The summed E-state index contributed by atoms with van der Waals surface area (Å²) in [5.41, 5.74) is 1.08. The molecular weight excluding hydrogens is 239 g/mol. The number of halogens is 2. The fraction of sp³-hybridized carbons (Fsp3) is 0.625. The normalized spacial score (nSPS) is 12.2. The Balaban J connectivity index is 3.32. The van der Waals surface area contributed by atoms with Crippen molar-refractivity contribution in [1.29, 1.82) is 0 Å². The molecule has 0 spiro atoms. The highest BCUT2D eigenvalue weighted by Gasteiger charge is 2.23. The standard InChI is InChI=1S/C8H12BrClN2/c1-8(2,3)6-5(10)7(9)11-12(6)4/h1-4H3. The van der Waals surface area contributed by atoms with Crippen molar-refractivity contribution in [2.75, 3.05) is 0 Å². The average molecular weight is 252 g/mol. The second-order valence-corrected chi connectivity index (χ2v) is 4.96. The van der Waals surface area contributed by atoms with Crippen molar-refractivity contribution in [3.05, 3.63) is 15.3 Å². The molecule has 0 N–H and O–H groups in total. The number of rotatable bonds is 0. The molecule has 0 aliphatic heterocycles. The van der Waals surface area contributed by atoms with Crippen LogP contribution in [0.1, 0.15) is 26.5 Å². The van der Waals surface area contributed by atoms with Gasteiger partial charge in [-0.25, -0.2) is 0 Å². The topological polar surface area (TPSA) is 17.8 Å². The van der Waals surface area contributed by atoms with E-state index in [-0.39, 0.29) is 5.41 Å². The van der Waals surface area contributed by atoms with Gasteiger partial charge in [0.05, 0.1) is 10.7 Å². The third kappa shape index (κ3) is 1.67. The zero-order chi connectivity index (χ0) is 9.52. The quantitative estimate of drug-likeness (QED) is 0.693. The first kappa shape index (κ1) is 10.1. The van der Waals surface area contributed by atoms with Crippen molar-refractivity contribution in [3.63, 3.8) is 0 Å².